The molecule has 4 rings (SSSR count). The Labute approximate surface area is 172 Å². The normalized spacial score (nSPS) is 11.8. The molecule has 4 aromatic rings. The molecule has 0 aliphatic rings. The van der Waals surface area contributed by atoms with E-state index >= 15 is 0 Å². The number of benzene rings is 2. The van der Waals surface area contributed by atoms with Gasteiger partial charge in [-0.3, -0.25) is 15.1 Å². The Bertz CT molecular complexity index is 1170. The van der Waals surface area contributed by atoms with Crippen LogP contribution >= 0.6 is 0 Å². The molecule has 0 amide bonds. The van der Waals surface area contributed by atoms with Crippen molar-refractivity contribution in [2.75, 3.05) is 5.32 Å². The molecule has 0 bridgehead atoms. The number of nitro groups is 1. The van der Waals surface area contributed by atoms with Gasteiger partial charge in [0.1, 0.15) is 5.69 Å². The van der Waals surface area contributed by atoms with Gasteiger partial charge >= 0.3 is 0 Å². The fourth-order valence-electron chi connectivity index (χ4n) is 3.06. The molecule has 0 saturated carbocycles. The van der Waals surface area contributed by atoms with E-state index < -0.39 is 4.92 Å². The van der Waals surface area contributed by atoms with E-state index in [0.717, 1.165) is 11.1 Å². The number of aryl methyl sites for hydroxylation is 1. The van der Waals surface area contributed by atoms with Crippen LogP contribution in [0.1, 0.15) is 24.1 Å². The van der Waals surface area contributed by atoms with E-state index in [2.05, 4.69) is 20.4 Å². The quantitative estimate of drug-likeness (QED) is 0.350. The van der Waals surface area contributed by atoms with Gasteiger partial charge in [0.25, 0.3) is 11.6 Å². The monoisotopic (exact) mass is 401 g/mol. The first-order chi connectivity index (χ1) is 14.5. The van der Waals surface area contributed by atoms with Crippen LogP contribution in [0.4, 0.5) is 11.4 Å². The van der Waals surface area contributed by atoms with Crippen LogP contribution < -0.4 is 5.32 Å². The molecular weight excluding hydrogens is 382 g/mol. The van der Waals surface area contributed by atoms with Crippen molar-refractivity contribution in [2.24, 2.45) is 0 Å². The van der Waals surface area contributed by atoms with E-state index in [1.165, 1.54) is 6.07 Å². The van der Waals surface area contributed by atoms with Crippen LogP contribution in [-0.4, -0.2) is 20.0 Å². The fourth-order valence-corrected chi connectivity index (χ4v) is 3.06. The summed E-state index contributed by atoms with van der Waals surface area (Å²) >= 11 is 0. The van der Waals surface area contributed by atoms with Gasteiger partial charge in [-0.2, -0.15) is 4.98 Å². The highest BCUT2D eigenvalue weighted by atomic mass is 16.6. The molecule has 1 atom stereocenters. The van der Waals surface area contributed by atoms with Crippen LogP contribution in [0, 0.1) is 17.0 Å². The summed E-state index contributed by atoms with van der Waals surface area (Å²) in [6.45, 7) is 3.98. The standard InChI is InChI=1S/C22H19N5O3/c1-14-5-7-16(8-6-14)15(2)24-19-10-9-17(12-20(19)27(28)29)22-25-21(26-30-22)18-4-3-11-23-13-18/h3-13,15,24H,1-2H3/t15-/m0/s1. The maximum absolute atomic E-state index is 11.7. The first-order valence-corrected chi connectivity index (χ1v) is 9.37. The fraction of sp³-hybridized carbons (Fsp3) is 0.136. The number of aromatic nitrogens is 3. The summed E-state index contributed by atoms with van der Waals surface area (Å²) in [5.74, 6) is 0.575. The third-order valence-corrected chi connectivity index (χ3v) is 4.74. The number of hydrogen-bond acceptors (Lipinski definition) is 7. The van der Waals surface area contributed by atoms with Gasteiger partial charge in [0, 0.05) is 35.6 Å². The van der Waals surface area contributed by atoms with Gasteiger partial charge in [0.15, 0.2) is 0 Å². The predicted molar refractivity (Wildman–Crippen MR) is 113 cm³/mol. The van der Waals surface area contributed by atoms with Gasteiger partial charge in [0.05, 0.1) is 4.92 Å². The zero-order valence-corrected chi connectivity index (χ0v) is 16.4. The molecule has 0 spiro atoms. The summed E-state index contributed by atoms with van der Waals surface area (Å²) in [6, 6.07) is 16.3. The number of rotatable bonds is 6. The number of hydrogen-bond donors (Lipinski definition) is 1. The van der Waals surface area contributed by atoms with E-state index in [0.29, 0.717) is 22.6 Å². The molecule has 0 aliphatic carbocycles. The maximum atomic E-state index is 11.7. The second-order valence-corrected chi connectivity index (χ2v) is 6.93. The maximum Gasteiger partial charge on any atom is 0.293 e. The third-order valence-electron chi connectivity index (χ3n) is 4.74. The molecule has 2 heterocycles. The Morgan fingerprint density at radius 2 is 1.90 bits per heavy atom. The Morgan fingerprint density at radius 3 is 2.60 bits per heavy atom. The SMILES string of the molecule is Cc1ccc([C@H](C)Nc2ccc(-c3nc(-c4cccnc4)no3)cc2[N+](=O)[O-])cc1. The highest BCUT2D eigenvalue weighted by Gasteiger charge is 2.20. The Kier molecular flexibility index (Phi) is 5.21. The van der Waals surface area contributed by atoms with Gasteiger partial charge in [-0.25, -0.2) is 0 Å². The van der Waals surface area contributed by atoms with E-state index in [1.807, 2.05) is 44.2 Å². The number of nitrogens with zero attached hydrogens (tertiary/aromatic N) is 4. The average Bonchev–Trinajstić information content (AvgIpc) is 3.25. The lowest BCUT2D eigenvalue weighted by Crippen LogP contribution is -2.08. The summed E-state index contributed by atoms with van der Waals surface area (Å²) in [6.07, 6.45) is 3.27. The van der Waals surface area contributed by atoms with Crippen molar-refractivity contribution < 1.29 is 9.45 Å². The van der Waals surface area contributed by atoms with E-state index in [9.17, 15) is 10.1 Å². The van der Waals surface area contributed by atoms with Crippen LogP contribution in [0.15, 0.2) is 71.5 Å². The van der Waals surface area contributed by atoms with Gasteiger partial charge in [-0.1, -0.05) is 35.0 Å². The largest absolute Gasteiger partial charge is 0.373 e. The summed E-state index contributed by atoms with van der Waals surface area (Å²) in [5, 5.41) is 18.8. The molecule has 8 nitrogen and oxygen atoms in total. The number of anilines is 1. The topological polar surface area (TPSA) is 107 Å². The Morgan fingerprint density at radius 1 is 1.10 bits per heavy atom. The Balaban J connectivity index is 1.62. The highest BCUT2D eigenvalue weighted by Crippen LogP contribution is 2.33. The summed E-state index contributed by atoms with van der Waals surface area (Å²) < 4.78 is 5.31. The molecule has 30 heavy (non-hydrogen) atoms. The minimum absolute atomic E-state index is 0.0624. The molecule has 2 aromatic heterocycles. The van der Waals surface area contributed by atoms with Crippen molar-refractivity contribution in [1.82, 2.24) is 15.1 Å². The molecule has 1 N–H and O–H groups in total. The number of nitro benzene ring substituents is 1. The second kappa shape index (κ2) is 8.12. The van der Waals surface area contributed by atoms with Gasteiger partial charge in [0.2, 0.25) is 5.82 Å². The molecule has 0 aliphatic heterocycles. The van der Waals surface area contributed by atoms with Gasteiger partial charge < -0.3 is 9.84 Å². The highest BCUT2D eigenvalue weighted by molar-refractivity contribution is 5.71. The smallest absolute Gasteiger partial charge is 0.293 e. The van der Waals surface area contributed by atoms with Crippen molar-refractivity contribution in [2.45, 2.75) is 19.9 Å². The molecule has 8 heteroatoms. The van der Waals surface area contributed by atoms with Crippen molar-refractivity contribution in [3.05, 3.63) is 88.2 Å². The van der Waals surface area contributed by atoms with E-state index in [4.69, 9.17) is 4.52 Å². The molecule has 0 unspecified atom stereocenters. The van der Waals surface area contributed by atoms with Gasteiger partial charge in [-0.05, 0) is 43.7 Å². The zero-order chi connectivity index (χ0) is 21.1. The average molecular weight is 401 g/mol. The second-order valence-electron chi connectivity index (χ2n) is 6.93. The van der Waals surface area contributed by atoms with Gasteiger partial charge in [-0.15, -0.1) is 0 Å². The first-order valence-electron chi connectivity index (χ1n) is 9.37. The van der Waals surface area contributed by atoms with Crippen LogP contribution in [0.5, 0.6) is 0 Å². The van der Waals surface area contributed by atoms with Crippen LogP contribution in [0.25, 0.3) is 22.8 Å². The van der Waals surface area contributed by atoms with Crippen molar-refractivity contribution in [3.63, 3.8) is 0 Å². The molecule has 0 radical (unpaired) electrons. The summed E-state index contributed by atoms with van der Waals surface area (Å²) in [5.41, 5.74) is 3.73. The lowest BCUT2D eigenvalue weighted by Gasteiger charge is -2.16. The lowest BCUT2D eigenvalue weighted by molar-refractivity contribution is -0.383. The van der Waals surface area contributed by atoms with Crippen LogP contribution in [0.2, 0.25) is 0 Å². The number of pyridine rings is 1. The first kappa shape index (κ1) is 19.3. The molecule has 2 aromatic carbocycles. The summed E-state index contributed by atoms with van der Waals surface area (Å²) in [7, 11) is 0. The minimum atomic E-state index is -0.425. The lowest BCUT2D eigenvalue weighted by atomic mass is 10.1. The van der Waals surface area contributed by atoms with Crippen molar-refractivity contribution in [1.29, 1.82) is 0 Å². The van der Waals surface area contributed by atoms with Crippen LogP contribution in [-0.2, 0) is 0 Å². The van der Waals surface area contributed by atoms with Crippen molar-refractivity contribution >= 4 is 11.4 Å². The van der Waals surface area contributed by atoms with E-state index in [-0.39, 0.29) is 17.6 Å². The molecule has 0 saturated heterocycles. The number of nitrogens with one attached hydrogen (secondary N) is 1. The van der Waals surface area contributed by atoms with Crippen LogP contribution in [0.3, 0.4) is 0 Å². The third kappa shape index (κ3) is 4.02. The molecule has 0 fully saturated rings. The molecular formula is C22H19N5O3. The molecule has 150 valence electrons. The van der Waals surface area contributed by atoms with E-state index in [1.54, 1.807) is 30.6 Å². The minimum Gasteiger partial charge on any atom is -0.373 e. The zero-order valence-electron chi connectivity index (χ0n) is 16.4. The van der Waals surface area contributed by atoms with Crippen molar-refractivity contribution in [3.8, 4) is 22.8 Å². The predicted octanol–water partition coefficient (Wildman–Crippen LogP) is 5.19. The Hall–Kier alpha value is -4.07. The summed E-state index contributed by atoms with van der Waals surface area (Å²) in [4.78, 5) is 19.6.